The highest BCUT2D eigenvalue weighted by Gasteiger charge is 2.31. The smallest absolute Gasteiger partial charge is 0.309 e. The van der Waals surface area contributed by atoms with E-state index in [2.05, 4.69) is 74.9 Å². The van der Waals surface area contributed by atoms with Gasteiger partial charge in [0.2, 0.25) is 0 Å². The third kappa shape index (κ3) is 7.03. The van der Waals surface area contributed by atoms with E-state index in [0.717, 1.165) is 45.8 Å². The minimum Gasteiger partial charge on any atom is -0.369 e. The Bertz CT molecular complexity index is 849. The largest absolute Gasteiger partial charge is 0.369 e. The van der Waals surface area contributed by atoms with Gasteiger partial charge in [0.1, 0.15) is 0 Å². The summed E-state index contributed by atoms with van der Waals surface area (Å²) in [5.41, 5.74) is 1.24. The first kappa shape index (κ1) is 25.2. The lowest BCUT2D eigenvalue weighted by atomic mass is 10.0. The van der Waals surface area contributed by atoms with Crippen molar-refractivity contribution in [3.05, 3.63) is 52.7 Å². The number of likely N-dealkylation sites (N-methyl/N-ethyl adjacent to an activating group) is 1. The minimum atomic E-state index is -0.563. The molecule has 0 radical (unpaired) electrons. The first-order valence-corrected chi connectivity index (χ1v) is 12.8. The van der Waals surface area contributed by atoms with Gasteiger partial charge in [-0.25, -0.2) is 0 Å². The van der Waals surface area contributed by atoms with Crippen molar-refractivity contribution < 1.29 is 9.59 Å². The van der Waals surface area contributed by atoms with Gasteiger partial charge in [0, 0.05) is 55.9 Å². The molecule has 2 heterocycles. The summed E-state index contributed by atoms with van der Waals surface area (Å²) >= 11 is 1.70. The molecular weight excluding hydrogens is 434 g/mol. The van der Waals surface area contributed by atoms with Crippen LogP contribution in [0, 0.1) is 0 Å². The summed E-state index contributed by atoms with van der Waals surface area (Å²) < 4.78 is 0. The van der Waals surface area contributed by atoms with Crippen LogP contribution in [0.4, 0.5) is 5.69 Å². The molecule has 0 spiro atoms. The predicted molar refractivity (Wildman–Crippen MR) is 136 cm³/mol. The number of para-hydroxylation sites is 1. The van der Waals surface area contributed by atoms with Crippen molar-refractivity contribution in [1.29, 1.82) is 0 Å². The Hall–Kier alpha value is -2.42. The van der Waals surface area contributed by atoms with Crippen LogP contribution < -0.4 is 15.5 Å². The maximum absolute atomic E-state index is 12.6. The fourth-order valence-corrected chi connectivity index (χ4v) is 5.36. The number of anilines is 1. The van der Waals surface area contributed by atoms with Gasteiger partial charge in [0.15, 0.2) is 0 Å². The van der Waals surface area contributed by atoms with Crippen LogP contribution in [-0.2, 0) is 9.59 Å². The molecule has 1 fully saturated rings. The SMILES string of the molecule is CCN(CC)CCNC(=O)C(=O)N[C@@H](C)[C@H](c1cccs1)N1CCN(c2ccccc2)CC1. The lowest BCUT2D eigenvalue weighted by Gasteiger charge is -2.42. The summed E-state index contributed by atoms with van der Waals surface area (Å²) in [5.74, 6) is -1.13. The van der Waals surface area contributed by atoms with Crippen molar-refractivity contribution >= 4 is 28.8 Å². The molecule has 2 aromatic rings. The lowest BCUT2D eigenvalue weighted by molar-refractivity contribution is -0.139. The van der Waals surface area contributed by atoms with Crippen molar-refractivity contribution in [2.45, 2.75) is 32.9 Å². The molecule has 1 aromatic heterocycles. The van der Waals surface area contributed by atoms with Crippen molar-refractivity contribution in [3.63, 3.8) is 0 Å². The van der Waals surface area contributed by atoms with Gasteiger partial charge in [-0.2, -0.15) is 0 Å². The number of benzene rings is 1. The van der Waals surface area contributed by atoms with Gasteiger partial charge < -0.3 is 20.4 Å². The van der Waals surface area contributed by atoms with E-state index >= 15 is 0 Å². The van der Waals surface area contributed by atoms with E-state index in [0.29, 0.717) is 6.54 Å². The summed E-state index contributed by atoms with van der Waals surface area (Å²) in [6.07, 6.45) is 0. The minimum absolute atomic E-state index is 0.0374. The summed E-state index contributed by atoms with van der Waals surface area (Å²) in [4.78, 5) is 33.2. The molecule has 1 aliphatic heterocycles. The third-order valence-electron chi connectivity index (χ3n) is 6.31. The van der Waals surface area contributed by atoms with Crippen LogP contribution in [0.3, 0.4) is 0 Å². The van der Waals surface area contributed by atoms with Gasteiger partial charge in [-0.05, 0) is 43.6 Å². The van der Waals surface area contributed by atoms with Crippen LogP contribution in [0.1, 0.15) is 31.7 Å². The molecule has 3 rings (SSSR count). The Morgan fingerprint density at radius 3 is 2.30 bits per heavy atom. The second kappa shape index (κ2) is 12.7. The fraction of sp³-hybridized carbons (Fsp3) is 0.520. The van der Waals surface area contributed by atoms with E-state index in [-0.39, 0.29) is 12.1 Å². The zero-order valence-electron chi connectivity index (χ0n) is 20.0. The van der Waals surface area contributed by atoms with Crippen LogP contribution in [0.5, 0.6) is 0 Å². The van der Waals surface area contributed by atoms with Gasteiger partial charge >= 0.3 is 11.8 Å². The molecule has 0 aliphatic carbocycles. The Morgan fingerprint density at radius 2 is 1.70 bits per heavy atom. The zero-order valence-corrected chi connectivity index (χ0v) is 20.8. The number of rotatable bonds is 10. The Kier molecular flexibility index (Phi) is 9.72. The highest BCUT2D eigenvalue weighted by Crippen LogP contribution is 2.30. The molecular formula is C25H37N5O2S. The number of hydrogen-bond donors (Lipinski definition) is 2. The average molecular weight is 472 g/mol. The molecule has 8 heteroatoms. The summed E-state index contributed by atoms with van der Waals surface area (Å²) in [6, 6.07) is 14.5. The molecule has 2 N–H and O–H groups in total. The van der Waals surface area contributed by atoms with Crippen LogP contribution in [0.15, 0.2) is 47.8 Å². The maximum Gasteiger partial charge on any atom is 0.309 e. The molecule has 7 nitrogen and oxygen atoms in total. The summed E-state index contributed by atoms with van der Waals surface area (Å²) in [6.45, 7) is 12.9. The molecule has 0 unspecified atom stereocenters. The Morgan fingerprint density at radius 1 is 1.00 bits per heavy atom. The Labute approximate surface area is 201 Å². The van der Waals surface area contributed by atoms with Crippen LogP contribution >= 0.6 is 11.3 Å². The fourth-order valence-electron chi connectivity index (χ4n) is 4.40. The summed E-state index contributed by atoms with van der Waals surface area (Å²) in [5, 5.41) is 7.78. The van der Waals surface area contributed by atoms with Crippen molar-refractivity contribution in [2.24, 2.45) is 0 Å². The number of thiophene rings is 1. The van der Waals surface area contributed by atoms with Crippen LogP contribution in [-0.4, -0.2) is 80.0 Å². The first-order chi connectivity index (χ1) is 16.0. The molecule has 0 bridgehead atoms. The van der Waals surface area contributed by atoms with E-state index in [9.17, 15) is 9.59 Å². The third-order valence-corrected chi connectivity index (χ3v) is 7.25. The van der Waals surface area contributed by atoms with Gasteiger partial charge in [0.25, 0.3) is 0 Å². The normalized spacial score (nSPS) is 16.4. The highest BCUT2D eigenvalue weighted by atomic mass is 32.1. The lowest BCUT2D eigenvalue weighted by Crippen LogP contribution is -2.54. The van der Waals surface area contributed by atoms with Crippen LogP contribution in [0.25, 0.3) is 0 Å². The highest BCUT2D eigenvalue weighted by molar-refractivity contribution is 7.10. The second-order valence-electron chi connectivity index (χ2n) is 8.36. The topological polar surface area (TPSA) is 67.9 Å². The molecule has 180 valence electrons. The molecule has 33 heavy (non-hydrogen) atoms. The molecule has 0 saturated carbocycles. The standard InChI is InChI=1S/C25H37N5O2S/c1-4-28(5-2)14-13-26-24(31)25(32)27-20(3)23(22-12-9-19-33-22)30-17-15-29(16-18-30)21-10-7-6-8-11-21/h6-12,19-20,23H,4-5,13-18H2,1-3H3,(H,26,31)(H,27,32)/t20-,23+/m0/s1. The molecule has 2 amide bonds. The van der Waals surface area contributed by atoms with E-state index in [1.807, 2.05) is 19.1 Å². The van der Waals surface area contributed by atoms with Gasteiger partial charge in [-0.3, -0.25) is 14.5 Å². The van der Waals surface area contributed by atoms with Gasteiger partial charge in [-0.1, -0.05) is 38.1 Å². The average Bonchev–Trinajstić information content (AvgIpc) is 3.37. The first-order valence-electron chi connectivity index (χ1n) is 11.9. The molecule has 1 saturated heterocycles. The molecule has 1 aliphatic rings. The van der Waals surface area contributed by atoms with E-state index in [1.54, 1.807) is 11.3 Å². The maximum atomic E-state index is 12.6. The van der Waals surface area contributed by atoms with Crippen LogP contribution in [0.2, 0.25) is 0 Å². The quantitative estimate of drug-likeness (QED) is 0.522. The number of piperazine rings is 1. The second-order valence-corrected chi connectivity index (χ2v) is 9.34. The molecule has 1 aromatic carbocycles. The number of carbonyl (C=O) groups excluding carboxylic acids is 2. The van der Waals surface area contributed by atoms with Crippen molar-refractivity contribution in [1.82, 2.24) is 20.4 Å². The van der Waals surface area contributed by atoms with Gasteiger partial charge in [-0.15, -0.1) is 11.3 Å². The van der Waals surface area contributed by atoms with Crippen molar-refractivity contribution in [3.8, 4) is 0 Å². The number of nitrogens with zero attached hydrogens (tertiary/aromatic N) is 3. The van der Waals surface area contributed by atoms with E-state index in [1.165, 1.54) is 10.6 Å². The van der Waals surface area contributed by atoms with E-state index < -0.39 is 11.8 Å². The predicted octanol–water partition coefficient (Wildman–Crippen LogP) is 2.57. The number of nitrogens with one attached hydrogen (secondary N) is 2. The van der Waals surface area contributed by atoms with Crippen molar-refractivity contribution in [2.75, 3.05) is 57.3 Å². The Balaban J connectivity index is 1.57. The number of carbonyl (C=O) groups is 2. The van der Waals surface area contributed by atoms with E-state index in [4.69, 9.17) is 0 Å². The summed E-state index contributed by atoms with van der Waals surface area (Å²) in [7, 11) is 0. The van der Waals surface area contributed by atoms with Gasteiger partial charge in [0.05, 0.1) is 6.04 Å². The number of amides is 2. The monoisotopic (exact) mass is 471 g/mol. The number of hydrogen-bond acceptors (Lipinski definition) is 6. The molecule has 2 atom stereocenters. The zero-order chi connectivity index (χ0) is 23.6.